The molecule has 2 aliphatic heterocycles. The lowest BCUT2D eigenvalue weighted by Crippen LogP contribution is -2.50. The van der Waals surface area contributed by atoms with Crippen LogP contribution in [0.5, 0.6) is 5.75 Å². The van der Waals surface area contributed by atoms with Gasteiger partial charge in [0.15, 0.2) is 12.6 Å². The molecule has 7 heteroatoms. The number of rotatable bonds is 11. The minimum atomic E-state index is -0.355. The van der Waals surface area contributed by atoms with Gasteiger partial charge in [-0.25, -0.2) is 0 Å². The summed E-state index contributed by atoms with van der Waals surface area (Å²) in [6, 6.07) is 7.87. The molecule has 0 amide bonds. The molecule has 0 spiro atoms. The maximum atomic E-state index is 6.39. The Hall–Kier alpha value is -1.48. The third-order valence-corrected chi connectivity index (χ3v) is 7.29. The zero-order chi connectivity index (χ0) is 25.4. The number of hydrogen-bond donors (Lipinski definition) is 0. The van der Waals surface area contributed by atoms with Gasteiger partial charge in [0.1, 0.15) is 12.5 Å². The summed E-state index contributed by atoms with van der Waals surface area (Å²) in [5, 5.41) is 0. The first kappa shape index (κ1) is 28.1. The van der Waals surface area contributed by atoms with Crippen molar-refractivity contribution >= 4 is 0 Å². The first-order valence-corrected chi connectivity index (χ1v) is 12.8. The molecule has 2 saturated heterocycles. The van der Waals surface area contributed by atoms with E-state index in [0.717, 1.165) is 24.2 Å². The van der Waals surface area contributed by atoms with E-state index in [4.69, 9.17) is 33.2 Å². The molecule has 2 aliphatic rings. The minimum Gasteiger partial charge on any atom is -0.497 e. The second-order valence-corrected chi connectivity index (χ2v) is 9.92. The summed E-state index contributed by atoms with van der Waals surface area (Å²) < 4.78 is 40.6. The molecular formula is C28H44O7. The van der Waals surface area contributed by atoms with E-state index in [-0.39, 0.29) is 55.4 Å². The van der Waals surface area contributed by atoms with Gasteiger partial charge in [-0.2, -0.15) is 0 Å². The molecule has 1 aromatic rings. The Morgan fingerprint density at radius 3 is 2.43 bits per heavy atom. The summed E-state index contributed by atoms with van der Waals surface area (Å²) in [5.74, 6) is 1.80. The Kier molecular flexibility index (Phi) is 11.0. The zero-order valence-electron chi connectivity index (χ0n) is 22.3. The molecule has 0 aliphatic carbocycles. The Bertz CT molecular complexity index is 767. The topological polar surface area (TPSA) is 64.6 Å². The highest BCUT2D eigenvalue weighted by atomic mass is 16.7. The molecule has 1 aromatic carbocycles. The molecule has 9 atom stereocenters. The Labute approximate surface area is 211 Å². The Morgan fingerprint density at radius 2 is 1.77 bits per heavy atom. The van der Waals surface area contributed by atoms with Gasteiger partial charge in [0.05, 0.1) is 32.0 Å². The lowest BCUT2D eigenvalue weighted by atomic mass is 9.84. The van der Waals surface area contributed by atoms with Crippen LogP contribution in [0.4, 0.5) is 0 Å². The van der Waals surface area contributed by atoms with Crippen LogP contribution < -0.4 is 4.74 Å². The van der Waals surface area contributed by atoms with E-state index >= 15 is 0 Å². The fourth-order valence-electron chi connectivity index (χ4n) is 5.23. The fraction of sp³-hybridized carbons (Fsp3) is 0.714. The summed E-state index contributed by atoms with van der Waals surface area (Å²) in [6.07, 6.45) is 5.90. The quantitative estimate of drug-likeness (QED) is 0.305. The summed E-state index contributed by atoms with van der Waals surface area (Å²) >= 11 is 0. The summed E-state index contributed by atoms with van der Waals surface area (Å²) in [4.78, 5) is 0. The predicted octanol–water partition coefficient (Wildman–Crippen LogP) is 5.35. The first-order valence-electron chi connectivity index (χ1n) is 12.8. The average molecular weight is 493 g/mol. The van der Waals surface area contributed by atoms with Crippen LogP contribution in [-0.2, 0) is 28.4 Å². The van der Waals surface area contributed by atoms with Gasteiger partial charge < -0.3 is 33.2 Å². The van der Waals surface area contributed by atoms with Crippen molar-refractivity contribution in [1.82, 2.24) is 0 Å². The lowest BCUT2D eigenvalue weighted by Gasteiger charge is -2.43. The third-order valence-electron chi connectivity index (χ3n) is 7.29. The van der Waals surface area contributed by atoms with Crippen LogP contribution in [0.15, 0.2) is 36.4 Å². The van der Waals surface area contributed by atoms with E-state index in [9.17, 15) is 0 Å². The van der Waals surface area contributed by atoms with Crippen molar-refractivity contribution in [3.8, 4) is 5.75 Å². The number of ether oxygens (including phenoxy) is 7. The molecule has 7 nitrogen and oxygen atoms in total. The summed E-state index contributed by atoms with van der Waals surface area (Å²) in [7, 11) is 5.00. The highest BCUT2D eigenvalue weighted by Gasteiger charge is 2.42. The molecule has 0 saturated carbocycles. The van der Waals surface area contributed by atoms with Crippen LogP contribution in [0.3, 0.4) is 0 Å². The van der Waals surface area contributed by atoms with E-state index in [2.05, 4.69) is 39.8 Å². The second-order valence-electron chi connectivity index (χ2n) is 9.92. The molecule has 0 aromatic heterocycles. The first-order chi connectivity index (χ1) is 16.9. The SMILES string of the molecule is COCO[C@H]1[C@@H](C)[C@H](CCC=C[C@H](C)[C@H]2OC(c3ccc(OC)cc3)OC[C@@H]2C)O[C@@H](OC)[C@@H]1C. The molecular weight excluding hydrogens is 448 g/mol. The number of hydrogen-bond acceptors (Lipinski definition) is 7. The molecule has 3 rings (SSSR count). The van der Waals surface area contributed by atoms with Crippen LogP contribution >= 0.6 is 0 Å². The minimum absolute atomic E-state index is 0.0351. The van der Waals surface area contributed by atoms with Crippen molar-refractivity contribution in [2.24, 2.45) is 23.7 Å². The monoisotopic (exact) mass is 492 g/mol. The fourth-order valence-corrected chi connectivity index (χ4v) is 5.23. The molecule has 35 heavy (non-hydrogen) atoms. The largest absolute Gasteiger partial charge is 0.497 e. The van der Waals surface area contributed by atoms with E-state index < -0.39 is 0 Å². The lowest BCUT2D eigenvalue weighted by molar-refractivity contribution is -0.271. The van der Waals surface area contributed by atoms with Crippen LogP contribution in [-0.4, -0.2) is 59.3 Å². The molecule has 0 N–H and O–H groups in total. The van der Waals surface area contributed by atoms with Crippen LogP contribution in [0, 0.1) is 23.7 Å². The standard InChI is InChI=1S/C28H44O7/c1-18(25-19(2)16-32-28(35-25)22-12-14-23(30-6)15-13-22)10-8-9-11-24-20(3)26(33-17-29-5)21(4)27(31-7)34-24/h8,10,12-15,18-21,24-28H,9,11,16-17H2,1-7H3/t18-,19-,20-,21+,24-,25+,26-,27+,28?/m0/s1. The highest BCUT2D eigenvalue weighted by Crippen LogP contribution is 2.36. The van der Waals surface area contributed by atoms with Crippen LogP contribution in [0.2, 0.25) is 0 Å². The van der Waals surface area contributed by atoms with Gasteiger partial charge in [-0.15, -0.1) is 0 Å². The molecule has 2 fully saturated rings. The Balaban J connectivity index is 1.54. The van der Waals surface area contributed by atoms with Gasteiger partial charge in [-0.3, -0.25) is 0 Å². The van der Waals surface area contributed by atoms with Crippen LogP contribution in [0.1, 0.15) is 52.4 Å². The predicted molar refractivity (Wildman–Crippen MR) is 134 cm³/mol. The van der Waals surface area contributed by atoms with Crippen molar-refractivity contribution in [3.05, 3.63) is 42.0 Å². The maximum absolute atomic E-state index is 6.39. The highest BCUT2D eigenvalue weighted by molar-refractivity contribution is 5.28. The zero-order valence-corrected chi connectivity index (χ0v) is 22.3. The van der Waals surface area contributed by atoms with Crippen molar-refractivity contribution in [2.45, 2.75) is 71.4 Å². The van der Waals surface area contributed by atoms with E-state index in [1.807, 2.05) is 24.3 Å². The number of methoxy groups -OCH3 is 3. The van der Waals surface area contributed by atoms with Crippen molar-refractivity contribution < 1.29 is 33.2 Å². The smallest absolute Gasteiger partial charge is 0.184 e. The van der Waals surface area contributed by atoms with Gasteiger partial charge in [-0.1, -0.05) is 52.0 Å². The third kappa shape index (κ3) is 7.28. The molecule has 2 heterocycles. The van der Waals surface area contributed by atoms with Gasteiger partial charge in [0.25, 0.3) is 0 Å². The summed E-state index contributed by atoms with van der Waals surface area (Å²) in [5.41, 5.74) is 1.01. The van der Waals surface area contributed by atoms with Gasteiger partial charge in [0.2, 0.25) is 0 Å². The normalized spacial score (nSPS) is 34.7. The van der Waals surface area contributed by atoms with Crippen molar-refractivity contribution in [2.75, 3.05) is 34.7 Å². The Morgan fingerprint density at radius 1 is 1.03 bits per heavy atom. The van der Waals surface area contributed by atoms with Gasteiger partial charge in [-0.05, 0) is 25.0 Å². The average Bonchev–Trinajstić information content (AvgIpc) is 2.88. The van der Waals surface area contributed by atoms with Crippen molar-refractivity contribution in [3.63, 3.8) is 0 Å². The van der Waals surface area contributed by atoms with Crippen molar-refractivity contribution in [1.29, 1.82) is 0 Å². The molecule has 0 radical (unpaired) electrons. The molecule has 0 bridgehead atoms. The van der Waals surface area contributed by atoms with E-state index in [0.29, 0.717) is 12.5 Å². The van der Waals surface area contributed by atoms with Gasteiger partial charge in [0, 0.05) is 43.5 Å². The van der Waals surface area contributed by atoms with Crippen LogP contribution in [0.25, 0.3) is 0 Å². The summed E-state index contributed by atoms with van der Waals surface area (Å²) in [6.45, 7) is 9.65. The van der Waals surface area contributed by atoms with Gasteiger partial charge >= 0.3 is 0 Å². The van der Waals surface area contributed by atoms with E-state index in [1.165, 1.54) is 0 Å². The molecule has 1 unspecified atom stereocenters. The van der Waals surface area contributed by atoms with E-state index in [1.54, 1.807) is 21.3 Å². The maximum Gasteiger partial charge on any atom is 0.184 e. The molecule has 198 valence electrons. The number of allylic oxidation sites excluding steroid dienone is 1. The number of benzene rings is 1. The second kappa shape index (κ2) is 13.7.